The van der Waals surface area contributed by atoms with E-state index in [-0.39, 0.29) is 17.5 Å². The van der Waals surface area contributed by atoms with Gasteiger partial charge in [0.1, 0.15) is 11.9 Å². The van der Waals surface area contributed by atoms with Crippen molar-refractivity contribution in [2.45, 2.75) is 37.5 Å². The number of hydrogen-bond acceptors (Lipinski definition) is 4. The maximum atomic E-state index is 13.0. The quantitative estimate of drug-likeness (QED) is 0.307. The molecular weight excluding hydrogens is 424 g/mol. The molecule has 8 heteroatoms. The maximum absolute atomic E-state index is 13.0. The second-order valence-electron chi connectivity index (χ2n) is 7.98. The van der Waals surface area contributed by atoms with Gasteiger partial charge in [0.15, 0.2) is 0 Å². The number of nitrogens with zero attached hydrogens (tertiary/aromatic N) is 1. The summed E-state index contributed by atoms with van der Waals surface area (Å²) in [5.41, 5.74) is 7.93. The van der Waals surface area contributed by atoms with E-state index in [4.69, 9.17) is 11.1 Å². The van der Waals surface area contributed by atoms with Crippen LogP contribution in [0.2, 0.25) is 0 Å². The Morgan fingerprint density at radius 3 is 2.47 bits per heavy atom. The molecule has 32 heavy (non-hydrogen) atoms. The van der Waals surface area contributed by atoms with Crippen molar-refractivity contribution < 1.29 is 13.2 Å². The van der Waals surface area contributed by atoms with Crippen molar-refractivity contribution >= 4 is 21.8 Å². The second kappa shape index (κ2) is 11.1. The lowest BCUT2D eigenvalue weighted by Gasteiger charge is -2.23. The van der Waals surface area contributed by atoms with Crippen molar-refractivity contribution in [2.75, 3.05) is 13.1 Å². The van der Waals surface area contributed by atoms with E-state index in [1.165, 1.54) is 0 Å². The van der Waals surface area contributed by atoms with Gasteiger partial charge in [-0.3, -0.25) is 10.2 Å². The minimum absolute atomic E-state index is 0.0423. The Labute approximate surface area is 189 Å². The minimum Gasteiger partial charge on any atom is -0.384 e. The molecule has 4 N–H and O–H groups in total. The highest BCUT2D eigenvalue weighted by molar-refractivity contribution is 7.88. The van der Waals surface area contributed by atoms with Crippen LogP contribution in [0, 0.1) is 5.41 Å². The fourth-order valence-electron chi connectivity index (χ4n) is 3.69. The van der Waals surface area contributed by atoms with E-state index in [0.717, 1.165) is 18.4 Å². The van der Waals surface area contributed by atoms with E-state index in [1.807, 2.05) is 42.5 Å². The normalized spacial score (nSPS) is 17.4. The van der Waals surface area contributed by atoms with E-state index >= 15 is 0 Å². The smallest absolute Gasteiger partial charge is 0.241 e. The van der Waals surface area contributed by atoms with Crippen molar-refractivity contribution in [3.05, 3.63) is 83.4 Å². The van der Waals surface area contributed by atoms with Crippen LogP contribution in [-0.2, 0) is 27.0 Å². The van der Waals surface area contributed by atoms with Crippen LogP contribution in [0.4, 0.5) is 0 Å². The van der Waals surface area contributed by atoms with Crippen LogP contribution >= 0.6 is 0 Å². The lowest BCUT2D eigenvalue weighted by atomic mass is 10.1. The SMILES string of the molecule is N=C(N)c1ccc(C/C=C/CN2CCCC[C@H](NS(=O)(=O)Cc3ccccc3)C2=O)cc1. The topological polar surface area (TPSA) is 116 Å². The standard InChI is InChI=1S/C24H30N4O3S/c25-23(26)21-14-12-19(13-15-21)8-4-6-16-28-17-7-5-11-22(24(28)29)27-32(30,31)18-20-9-2-1-3-10-20/h1-4,6,9-10,12-15,22,27H,5,7-8,11,16-18H2,(H3,25,26)/b6-4+/t22-/m0/s1. The van der Waals surface area contributed by atoms with Crippen molar-refractivity contribution in [1.82, 2.24) is 9.62 Å². The van der Waals surface area contributed by atoms with E-state index in [9.17, 15) is 13.2 Å². The Morgan fingerprint density at radius 1 is 1.06 bits per heavy atom. The number of allylic oxidation sites excluding steroid dienone is 1. The van der Waals surface area contributed by atoms with Crippen LogP contribution in [0.1, 0.15) is 36.0 Å². The molecular formula is C24H30N4O3S. The lowest BCUT2D eigenvalue weighted by Crippen LogP contribution is -2.47. The molecule has 1 amide bonds. The van der Waals surface area contributed by atoms with Gasteiger partial charge < -0.3 is 10.6 Å². The summed E-state index contributed by atoms with van der Waals surface area (Å²) in [6.07, 6.45) is 6.80. The molecule has 7 nitrogen and oxygen atoms in total. The first-order chi connectivity index (χ1) is 15.3. The monoisotopic (exact) mass is 454 g/mol. The third-order valence-corrected chi connectivity index (χ3v) is 6.77. The Morgan fingerprint density at radius 2 is 1.78 bits per heavy atom. The van der Waals surface area contributed by atoms with E-state index < -0.39 is 16.1 Å². The largest absolute Gasteiger partial charge is 0.384 e. The van der Waals surface area contributed by atoms with E-state index in [2.05, 4.69) is 4.72 Å². The molecule has 0 radical (unpaired) electrons. The number of carbonyl (C=O) groups excluding carboxylic acids is 1. The number of nitrogen functional groups attached to an aromatic ring is 1. The molecule has 0 aliphatic carbocycles. The van der Waals surface area contributed by atoms with Gasteiger partial charge in [-0.1, -0.05) is 66.7 Å². The number of benzene rings is 2. The summed E-state index contributed by atoms with van der Waals surface area (Å²) in [5, 5.41) is 7.43. The highest BCUT2D eigenvalue weighted by Gasteiger charge is 2.29. The predicted molar refractivity (Wildman–Crippen MR) is 127 cm³/mol. The van der Waals surface area contributed by atoms with Gasteiger partial charge in [0.25, 0.3) is 0 Å². The zero-order valence-electron chi connectivity index (χ0n) is 18.0. The van der Waals surface area contributed by atoms with Crippen molar-refractivity contribution in [2.24, 2.45) is 5.73 Å². The van der Waals surface area contributed by atoms with Crippen molar-refractivity contribution in [3.8, 4) is 0 Å². The van der Waals surface area contributed by atoms with Gasteiger partial charge in [-0.2, -0.15) is 0 Å². The fourth-order valence-corrected chi connectivity index (χ4v) is 5.06. The minimum atomic E-state index is -3.62. The molecule has 2 aromatic rings. The van der Waals surface area contributed by atoms with Crippen LogP contribution in [0.25, 0.3) is 0 Å². The summed E-state index contributed by atoms with van der Waals surface area (Å²) in [6, 6.07) is 15.7. The summed E-state index contributed by atoms with van der Waals surface area (Å²) in [5.74, 6) is -0.268. The van der Waals surface area contributed by atoms with Crippen LogP contribution in [0.3, 0.4) is 0 Å². The molecule has 1 aliphatic rings. The highest BCUT2D eigenvalue weighted by atomic mass is 32.2. The van der Waals surface area contributed by atoms with Gasteiger partial charge in [0.2, 0.25) is 15.9 Å². The Hall–Kier alpha value is -2.97. The summed E-state index contributed by atoms with van der Waals surface area (Å²) in [4.78, 5) is 14.7. The molecule has 1 atom stereocenters. The van der Waals surface area contributed by atoms with Crippen LogP contribution in [0.15, 0.2) is 66.7 Å². The molecule has 170 valence electrons. The first-order valence-electron chi connectivity index (χ1n) is 10.7. The predicted octanol–water partition coefficient (Wildman–Crippen LogP) is 2.57. The number of nitrogens with two attached hydrogens (primary N) is 1. The highest BCUT2D eigenvalue weighted by Crippen LogP contribution is 2.15. The third kappa shape index (κ3) is 7.03. The number of amides is 1. The summed E-state index contributed by atoms with van der Waals surface area (Å²) < 4.78 is 27.8. The molecule has 3 rings (SSSR count). The van der Waals surface area contributed by atoms with Gasteiger partial charge in [-0.15, -0.1) is 0 Å². The van der Waals surface area contributed by atoms with Gasteiger partial charge >= 0.3 is 0 Å². The second-order valence-corrected chi connectivity index (χ2v) is 9.74. The van der Waals surface area contributed by atoms with E-state index in [1.54, 1.807) is 29.2 Å². The van der Waals surface area contributed by atoms with Crippen LogP contribution in [0.5, 0.6) is 0 Å². The number of rotatable bonds is 9. The zero-order valence-corrected chi connectivity index (χ0v) is 18.9. The Bertz CT molecular complexity index is 1050. The average molecular weight is 455 g/mol. The number of hydrogen-bond donors (Lipinski definition) is 3. The number of sulfonamides is 1. The van der Waals surface area contributed by atoms with Gasteiger partial charge in [-0.05, 0) is 36.8 Å². The average Bonchev–Trinajstić information content (AvgIpc) is 2.93. The molecule has 1 fully saturated rings. The molecule has 0 bridgehead atoms. The third-order valence-electron chi connectivity index (χ3n) is 5.41. The molecule has 1 aliphatic heterocycles. The summed E-state index contributed by atoms with van der Waals surface area (Å²) in [7, 11) is -3.62. The molecule has 0 unspecified atom stereocenters. The molecule has 1 heterocycles. The van der Waals surface area contributed by atoms with Crippen molar-refractivity contribution in [1.29, 1.82) is 5.41 Å². The van der Waals surface area contributed by atoms with Crippen LogP contribution < -0.4 is 10.5 Å². The molecule has 2 aromatic carbocycles. The number of nitrogens with one attached hydrogen (secondary N) is 2. The lowest BCUT2D eigenvalue weighted by molar-refractivity contribution is -0.131. The van der Waals surface area contributed by atoms with Gasteiger partial charge in [-0.25, -0.2) is 13.1 Å². The van der Waals surface area contributed by atoms with Gasteiger partial charge in [0, 0.05) is 18.7 Å². The van der Waals surface area contributed by atoms with E-state index in [0.29, 0.717) is 37.1 Å². The summed E-state index contributed by atoms with van der Waals surface area (Å²) in [6.45, 7) is 1.06. The molecule has 1 saturated heterocycles. The molecule has 0 saturated carbocycles. The first kappa shape index (κ1) is 23.7. The number of amidine groups is 1. The van der Waals surface area contributed by atoms with Crippen LogP contribution in [-0.4, -0.2) is 44.2 Å². The maximum Gasteiger partial charge on any atom is 0.241 e. The fraction of sp³-hybridized carbons (Fsp3) is 0.333. The zero-order chi connectivity index (χ0) is 23.0. The Balaban J connectivity index is 1.55. The van der Waals surface area contributed by atoms with Crippen molar-refractivity contribution in [3.63, 3.8) is 0 Å². The molecule has 0 spiro atoms. The number of likely N-dealkylation sites (tertiary alicyclic amines) is 1. The summed E-state index contributed by atoms with van der Waals surface area (Å²) >= 11 is 0. The molecule has 0 aromatic heterocycles. The first-order valence-corrected chi connectivity index (χ1v) is 12.4. The number of carbonyl (C=O) groups is 1. The Kier molecular flexibility index (Phi) is 8.19. The van der Waals surface area contributed by atoms with Gasteiger partial charge in [0.05, 0.1) is 5.75 Å².